The molecule has 3 atom stereocenters. The van der Waals surface area contributed by atoms with Gasteiger partial charge in [-0.05, 0) is 25.3 Å². The highest BCUT2D eigenvalue weighted by Gasteiger charge is 2.33. The first-order valence-corrected chi connectivity index (χ1v) is 12.7. The molecule has 204 valence electrons. The zero-order valence-corrected chi connectivity index (χ0v) is 22.2. The first kappa shape index (κ1) is 28.8. The monoisotopic (exact) mass is 525 g/mol. The number of aromatic nitrogens is 1. The van der Waals surface area contributed by atoms with Gasteiger partial charge in [-0.15, -0.1) is 0 Å². The van der Waals surface area contributed by atoms with Crippen molar-refractivity contribution in [3.63, 3.8) is 0 Å². The maximum Gasteiger partial charge on any atom is 0.355 e. The number of allylic oxidation sites excluding steroid dienone is 2. The molecule has 10 heteroatoms. The number of nitrogens with one attached hydrogen (secondary N) is 1. The van der Waals surface area contributed by atoms with Crippen LogP contribution in [0.1, 0.15) is 56.9 Å². The van der Waals surface area contributed by atoms with Crippen LogP contribution in [0.25, 0.3) is 0 Å². The topological polar surface area (TPSA) is 139 Å². The molecule has 0 radical (unpaired) electrons. The predicted octanol–water partition coefficient (Wildman–Crippen LogP) is 2.66. The maximum atomic E-state index is 13.1. The first-order valence-electron chi connectivity index (χ1n) is 12.7. The number of esters is 1. The summed E-state index contributed by atoms with van der Waals surface area (Å²) >= 11 is 0. The normalized spacial score (nSPS) is 24.6. The number of oxazole rings is 1. The summed E-state index contributed by atoms with van der Waals surface area (Å²) in [6.45, 7) is 8.00. The van der Waals surface area contributed by atoms with E-state index in [-0.39, 0.29) is 66.7 Å². The van der Waals surface area contributed by atoms with Gasteiger partial charge in [0.05, 0.1) is 12.5 Å². The van der Waals surface area contributed by atoms with Gasteiger partial charge < -0.3 is 24.5 Å². The van der Waals surface area contributed by atoms with Gasteiger partial charge in [0.15, 0.2) is 5.69 Å². The highest BCUT2D eigenvalue weighted by Crippen LogP contribution is 2.24. The highest BCUT2D eigenvalue weighted by molar-refractivity contribution is 6.00. The van der Waals surface area contributed by atoms with Crippen LogP contribution in [0, 0.1) is 11.8 Å². The summed E-state index contributed by atoms with van der Waals surface area (Å²) in [5.74, 6) is -2.07. The van der Waals surface area contributed by atoms with Gasteiger partial charge in [-0.2, -0.15) is 0 Å². The Morgan fingerprint density at radius 1 is 1.18 bits per heavy atom. The van der Waals surface area contributed by atoms with Crippen LogP contribution in [0.2, 0.25) is 0 Å². The lowest BCUT2D eigenvalue weighted by Gasteiger charge is -2.27. The molecule has 3 rings (SSSR count). The van der Waals surface area contributed by atoms with Crippen LogP contribution in [0.5, 0.6) is 0 Å². The SMILES string of the molecule is CC1=CC(O)CC(=O)Cc2nc(co2)C(=O)N2CCC=C2C(=O)O[C@H](C(C)C)[C@H](C)C=CC(=O)NCC=C1. The largest absolute Gasteiger partial charge is 0.457 e. The van der Waals surface area contributed by atoms with Crippen LogP contribution in [-0.2, 0) is 25.5 Å². The summed E-state index contributed by atoms with van der Waals surface area (Å²) in [5.41, 5.74) is 0.809. The molecule has 0 saturated heterocycles. The summed E-state index contributed by atoms with van der Waals surface area (Å²) in [4.78, 5) is 56.3. The van der Waals surface area contributed by atoms with Gasteiger partial charge >= 0.3 is 5.97 Å². The minimum Gasteiger partial charge on any atom is -0.457 e. The van der Waals surface area contributed by atoms with E-state index in [1.165, 1.54) is 11.0 Å². The van der Waals surface area contributed by atoms with E-state index in [1.807, 2.05) is 20.8 Å². The molecular formula is C28H35N3O7. The number of ether oxygens (including phenoxy) is 1. The molecular weight excluding hydrogens is 490 g/mol. The molecule has 0 aliphatic carbocycles. The summed E-state index contributed by atoms with van der Waals surface area (Å²) in [7, 11) is 0. The first-order chi connectivity index (χ1) is 18.0. The zero-order valence-electron chi connectivity index (χ0n) is 22.2. The second kappa shape index (κ2) is 13.1. The molecule has 10 nitrogen and oxygen atoms in total. The molecule has 2 aliphatic heterocycles. The Labute approximate surface area is 222 Å². The summed E-state index contributed by atoms with van der Waals surface area (Å²) < 4.78 is 11.1. The number of aliphatic hydroxyl groups is 1. The van der Waals surface area contributed by atoms with E-state index in [2.05, 4.69) is 10.3 Å². The van der Waals surface area contributed by atoms with Crippen molar-refractivity contribution < 1.29 is 33.4 Å². The van der Waals surface area contributed by atoms with Crippen LogP contribution < -0.4 is 5.32 Å². The average molecular weight is 526 g/mol. The lowest BCUT2D eigenvalue weighted by molar-refractivity contribution is -0.149. The van der Waals surface area contributed by atoms with Crippen LogP contribution in [0.4, 0.5) is 0 Å². The van der Waals surface area contributed by atoms with E-state index < -0.39 is 24.1 Å². The molecule has 3 heterocycles. The van der Waals surface area contributed by atoms with Crippen LogP contribution in [-0.4, -0.2) is 63.9 Å². The van der Waals surface area contributed by atoms with Crippen molar-refractivity contribution in [2.75, 3.05) is 13.1 Å². The second-order valence-corrected chi connectivity index (χ2v) is 9.84. The molecule has 0 fully saturated rings. The number of carbonyl (C=O) groups is 4. The molecule has 38 heavy (non-hydrogen) atoms. The maximum absolute atomic E-state index is 13.1. The van der Waals surface area contributed by atoms with Crippen LogP contribution >= 0.6 is 0 Å². The Bertz CT molecular complexity index is 1170. The summed E-state index contributed by atoms with van der Waals surface area (Å²) in [6, 6.07) is 0. The van der Waals surface area contributed by atoms with E-state index in [4.69, 9.17) is 9.15 Å². The molecule has 0 saturated carbocycles. The Balaban J connectivity index is 1.86. The minimum atomic E-state index is -1.01. The van der Waals surface area contributed by atoms with Crippen molar-refractivity contribution in [1.82, 2.24) is 15.2 Å². The van der Waals surface area contributed by atoms with Crippen molar-refractivity contribution in [1.29, 1.82) is 0 Å². The average Bonchev–Trinajstić information content (AvgIpc) is 3.52. The van der Waals surface area contributed by atoms with E-state index >= 15 is 0 Å². The third-order valence-corrected chi connectivity index (χ3v) is 6.19. The smallest absolute Gasteiger partial charge is 0.355 e. The van der Waals surface area contributed by atoms with E-state index in [9.17, 15) is 24.3 Å². The molecule has 2 aliphatic rings. The quantitative estimate of drug-likeness (QED) is 0.534. The lowest BCUT2D eigenvalue weighted by atomic mass is 9.94. The number of nitrogens with zero attached hydrogens (tertiary/aromatic N) is 2. The number of hydrogen-bond donors (Lipinski definition) is 2. The number of rotatable bonds is 1. The Hall–Kier alpha value is -3.79. The summed E-state index contributed by atoms with van der Waals surface area (Å²) in [6.07, 6.45) is 9.48. The minimum absolute atomic E-state index is 0.0315. The van der Waals surface area contributed by atoms with Gasteiger partial charge in [0, 0.05) is 25.4 Å². The molecule has 1 aromatic heterocycles. The Kier molecular flexibility index (Phi) is 9.95. The van der Waals surface area contributed by atoms with Crippen molar-refractivity contribution in [3.8, 4) is 0 Å². The van der Waals surface area contributed by atoms with Crippen molar-refractivity contribution >= 4 is 23.6 Å². The number of ketones is 1. The van der Waals surface area contributed by atoms with Gasteiger partial charge in [0.25, 0.3) is 5.91 Å². The predicted molar refractivity (Wildman–Crippen MR) is 139 cm³/mol. The van der Waals surface area contributed by atoms with Crippen LogP contribution in [0.15, 0.2) is 58.4 Å². The molecule has 1 unspecified atom stereocenters. The fourth-order valence-corrected chi connectivity index (χ4v) is 4.33. The van der Waals surface area contributed by atoms with Gasteiger partial charge in [-0.1, -0.05) is 56.7 Å². The number of carbonyl (C=O) groups excluding carboxylic acids is 4. The molecule has 2 bridgehead atoms. The fourth-order valence-electron chi connectivity index (χ4n) is 4.33. The number of amides is 2. The second-order valence-electron chi connectivity index (χ2n) is 9.84. The standard InChI is InChI=1S/C28H35N3O7/c1-17(2)26-19(4)9-10-24(34)29-11-5-7-18(3)13-20(32)14-21(33)15-25-30-22(16-37-25)27(35)31-12-6-8-23(31)28(36)38-26/h5,7-10,13,16-17,19-20,26,32H,6,11-12,14-15H2,1-4H3,(H,29,34)/t19-,20?,26-/m1/s1. The van der Waals surface area contributed by atoms with Gasteiger partial charge in [-0.3, -0.25) is 14.4 Å². The molecule has 0 spiro atoms. The lowest BCUT2D eigenvalue weighted by Crippen LogP contribution is -2.36. The molecule has 0 aromatic carbocycles. The number of hydrogen-bond acceptors (Lipinski definition) is 8. The van der Waals surface area contributed by atoms with Crippen molar-refractivity contribution in [3.05, 3.63) is 65.6 Å². The number of aliphatic hydroxyl groups excluding tert-OH is 1. The molecule has 2 N–H and O–H groups in total. The van der Waals surface area contributed by atoms with E-state index in [0.29, 0.717) is 6.42 Å². The highest BCUT2D eigenvalue weighted by atomic mass is 16.5. The van der Waals surface area contributed by atoms with E-state index in [0.717, 1.165) is 11.8 Å². The summed E-state index contributed by atoms with van der Waals surface area (Å²) in [5, 5.41) is 13.0. The molecule has 1 aromatic rings. The third kappa shape index (κ3) is 7.85. The number of cyclic esters (lactones) is 1. The fraction of sp³-hybridized carbons (Fsp3) is 0.464. The van der Waals surface area contributed by atoms with Crippen molar-refractivity contribution in [2.45, 2.75) is 59.2 Å². The van der Waals surface area contributed by atoms with Crippen LogP contribution in [0.3, 0.4) is 0 Å². The number of fused-ring (bicyclic) bond motifs is 3. The third-order valence-electron chi connectivity index (χ3n) is 6.19. The van der Waals surface area contributed by atoms with Crippen molar-refractivity contribution in [2.24, 2.45) is 11.8 Å². The Morgan fingerprint density at radius 2 is 1.95 bits per heavy atom. The van der Waals surface area contributed by atoms with Gasteiger partial charge in [0.1, 0.15) is 23.8 Å². The number of Topliss-reactive ketones (excluding diaryl/α,β-unsaturated/α-hetero) is 1. The van der Waals surface area contributed by atoms with E-state index in [1.54, 1.807) is 37.3 Å². The Morgan fingerprint density at radius 3 is 2.68 bits per heavy atom. The van der Waals surface area contributed by atoms with Gasteiger partial charge in [0.2, 0.25) is 11.8 Å². The molecule has 2 amide bonds. The van der Waals surface area contributed by atoms with Gasteiger partial charge in [-0.25, -0.2) is 9.78 Å². The zero-order chi connectivity index (χ0) is 27.8.